The van der Waals surface area contributed by atoms with E-state index in [1.54, 1.807) is 0 Å². The predicted molar refractivity (Wildman–Crippen MR) is 106 cm³/mol. The van der Waals surface area contributed by atoms with Crippen molar-refractivity contribution < 1.29 is 32.6 Å². The van der Waals surface area contributed by atoms with E-state index in [-0.39, 0.29) is 23.5 Å². The molecular formula is C20H22F3N3O4. The van der Waals surface area contributed by atoms with E-state index in [0.717, 1.165) is 25.0 Å². The van der Waals surface area contributed by atoms with E-state index in [9.17, 15) is 22.8 Å². The van der Waals surface area contributed by atoms with Crippen LogP contribution in [-0.4, -0.2) is 23.3 Å². The van der Waals surface area contributed by atoms with E-state index in [2.05, 4.69) is 10.6 Å². The SMILES string of the molecule is CCC(CC)NC(=O)Nc1ccc(Oc2ccc(NC(=O)O)cc2C(F)(F)F)cc1. The molecule has 4 N–H and O–H groups in total. The van der Waals surface area contributed by atoms with Crippen LogP contribution >= 0.6 is 0 Å². The maximum Gasteiger partial charge on any atom is 0.420 e. The highest BCUT2D eigenvalue weighted by molar-refractivity contribution is 5.89. The minimum absolute atomic E-state index is 0.0481. The molecule has 0 radical (unpaired) electrons. The van der Waals surface area contributed by atoms with E-state index in [0.29, 0.717) is 11.8 Å². The molecule has 162 valence electrons. The lowest BCUT2D eigenvalue weighted by Crippen LogP contribution is -2.37. The van der Waals surface area contributed by atoms with Crippen LogP contribution in [0.4, 0.5) is 34.1 Å². The number of carboxylic acid groups (broad SMARTS) is 1. The number of halogens is 3. The molecule has 0 aromatic heterocycles. The van der Waals surface area contributed by atoms with Crippen molar-refractivity contribution in [3.8, 4) is 11.5 Å². The number of nitrogens with one attached hydrogen (secondary N) is 3. The van der Waals surface area contributed by atoms with Gasteiger partial charge in [-0.2, -0.15) is 13.2 Å². The van der Waals surface area contributed by atoms with Gasteiger partial charge in [0.2, 0.25) is 0 Å². The first-order valence-electron chi connectivity index (χ1n) is 9.19. The number of hydrogen-bond donors (Lipinski definition) is 4. The average molecular weight is 425 g/mol. The minimum atomic E-state index is -4.75. The van der Waals surface area contributed by atoms with Crippen molar-refractivity contribution in [2.45, 2.75) is 38.9 Å². The Hall–Kier alpha value is -3.43. The number of carbonyl (C=O) groups is 2. The molecule has 0 saturated carbocycles. The van der Waals surface area contributed by atoms with Gasteiger partial charge in [-0.15, -0.1) is 0 Å². The van der Waals surface area contributed by atoms with Gasteiger partial charge in [0.25, 0.3) is 0 Å². The summed E-state index contributed by atoms with van der Waals surface area (Å²) in [7, 11) is 0. The van der Waals surface area contributed by atoms with Gasteiger partial charge in [-0.1, -0.05) is 13.8 Å². The highest BCUT2D eigenvalue weighted by atomic mass is 19.4. The first kappa shape index (κ1) is 22.9. The van der Waals surface area contributed by atoms with Crippen LogP contribution < -0.4 is 20.7 Å². The van der Waals surface area contributed by atoms with E-state index < -0.39 is 23.6 Å². The van der Waals surface area contributed by atoms with Crippen molar-refractivity contribution in [2.75, 3.05) is 10.6 Å². The number of anilines is 2. The van der Waals surface area contributed by atoms with Gasteiger partial charge in [0, 0.05) is 17.4 Å². The van der Waals surface area contributed by atoms with Crippen LogP contribution in [0.1, 0.15) is 32.3 Å². The summed E-state index contributed by atoms with van der Waals surface area (Å²) in [5, 5.41) is 16.0. The Morgan fingerprint density at radius 1 is 1.00 bits per heavy atom. The molecule has 0 aliphatic heterocycles. The molecule has 7 nitrogen and oxygen atoms in total. The number of rotatable bonds is 7. The highest BCUT2D eigenvalue weighted by Gasteiger charge is 2.35. The largest absolute Gasteiger partial charge is 0.465 e. The molecule has 2 aromatic rings. The van der Waals surface area contributed by atoms with Crippen molar-refractivity contribution in [2.24, 2.45) is 0 Å². The molecule has 30 heavy (non-hydrogen) atoms. The van der Waals surface area contributed by atoms with Crippen LogP contribution in [0.15, 0.2) is 42.5 Å². The first-order valence-corrected chi connectivity index (χ1v) is 9.19. The molecular weight excluding hydrogens is 403 g/mol. The van der Waals surface area contributed by atoms with Gasteiger partial charge >= 0.3 is 18.3 Å². The molecule has 0 unspecified atom stereocenters. The monoisotopic (exact) mass is 425 g/mol. The van der Waals surface area contributed by atoms with Crippen molar-refractivity contribution >= 4 is 23.5 Å². The third kappa shape index (κ3) is 6.57. The zero-order valence-corrected chi connectivity index (χ0v) is 16.3. The minimum Gasteiger partial charge on any atom is -0.465 e. The first-order chi connectivity index (χ1) is 14.1. The van der Waals surface area contributed by atoms with Gasteiger partial charge in [-0.3, -0.25) is 5.32 Å². The molecule has 2 rings (SSSR count). The van der Waals surface area contributed by atoms with Crippen molar-refractivity contribution in [1.82, 2.24) is 5.32 Å². The summed E-state index contributed by atoms with van der Waals surface area (Å²) in [5.74, 6) is -0.365. The van der Waals surface area contributed by atoms with Crippen molar-refractivity contribution in [3.63, 3.8) is 0 Å². The molecule has 2 aromatic carbocycles. The molecule has 3 amide bonds. The molecule has 10 heteroatoms. The maximum atomic E-state index is 13.3. The van der Waals surface area contributed by atoms with Crippen LogP contribution in [0.2, 0.25) is 0 Å². The van der Waals surface area contributed by atoms with E-state index >= 15 is 0 Å². The molecule has 0 heterocycles. The Kier molecular flexibility index (Phi) is 7.51. The van der Waals surface area contributed by atoms with Gasteiger partial charge in [0.05, 0.1) is 0 Å². The lowest BCUT2D eigenvalue weighted by atomic mass is 10.1. The van der Waals surface area contributed by atoms with Crippen molar-refractivity contribution in [1.29, 1.82) is 0 Å². The zero-order valence-electron chi connectivity index (χ0n) is 16.3. The smallest absolute Gasteiger partial charge is 0.420 e. The summed E-state index contributed by atoms with van der Waals surface area (Å²) in [5.41, 5.74) is -0.909. The molecule has 0 fully saturated rings. The summed E-state index contributed by atoms with van der Waals surface area (Å²) < 4.78 is 45.3. The van der Waals surface area contributed by atoms with Crippen LogP contribution in [0.5, 0.6) is 11.5 Å². The molecule has 0 spiro atoms. The van der Waals surface area contributed by atoms with Gasteiger partial charge in [-0.05, 0) is 55.3 Å². The van der Waals surface area contributed by atoms with E-state index in [1.807, 2.05) is 19.2 Å². The fraction of sp³-hybridized carbons (Fsp3) is 0.300. The van der Waals surface area contributed by atoms with Gasteiger partial charge in [0.15, 0.2) is 0 Å². The summed E-state index contributed by atoms with van der Waals surface area (Å²) in [4.78, 5) is 22.6. The molecule has 0 aliphatic carbocycles. The van der Waals surface area contributed by atoms with E-state index in [1.165, 1.54) is 24.3 Å². The normalized spacial score (nSPS) is 11.1. The van der Waals surface area contributed by atoms with Crippen LogP contribution in [0, 0.1) is 0 Å². The summed E-state index contributed by atoms with van der Waals surface area (Å²) >= 11 is 0. The maximum absolute atomic E-state index is 13.3. The number of ether oxygens (including phenoxy) is 1. The quantitative estimate of drug-likeness (QED) is 0.444. The highest BCUT2D eigenvalue weighted by Crippen LogP contribution is 2.39. The molecule has 0 atom stereocenters. The van der Waals surface area contributed by atoms with Crippen LogP contribution in [0.3, 0.4) is 0 Å². The van der Waals surface area contributed by atoms with Crippen LogP contribution in [0.25, 0.3) is 0 Å². The second-order valence-corrected chi connectivity index (χ2v) is 6.38. The number of urea groups is 1. The molecule has 0 aliphatic rings. The Balaban J connectivity index is 2.13. The second-order valence-electron chi connectivity index (χ2n) is 6.38. The summed E-state index contributed by atoms with van der Waals surface area (Å²) in [6, 6.07) is 8.34. The third-order valence-corrected chi connectivity index (χ3v) is 4.20. The van der Waals surface area contributed by atoms with Gasteiger partial charge in [0.1, 0.15) is 17.1 Å². The second kappa shape index (κ2) is 9.86. The summed E-state index contributed by atoms with van der Waals surface area (Å²) in [6.07, 6.45) is -4.65. The number of carbonyl (C=O) groups excluding carboxylic acids is 1. The topological polar surface area (TPSA) is 99.7 Å². The van der Waals surface area contributed by atoms with Crippen LogP contribution in [-0.2, 0) is 6.18 Å². The standard InChI is InChI=1S/C20H22F3N3O4/c1-3-12(4-2)24-18(27)25-13-5-8-15(9-6-13)30-17-10-7-14(26-19(28)29)11-16(17)20(21,22)23/h5-12,26H,3-4H2,1-2H3,(H,28,29)(H2,24,25,27). The number of benzene rings is 2. The number of hydrogen-bond acceptors (Lipinski definition) is 3. The fourth-order valence-corrected chi connectivity index (χ4v) is 2.62. The Labute approximate surface area is 171 Å². The Morgan fingerprint density at radius 3 is 2.13 bits per heavy atom. The lowest BCUT2D eigenvalue weighted by Gasteiger charge is -2.16. The number of alkyl halides is 3. The average Bonchev–Trinajstić information content (AvgIpc) is 2.67. The Morgan fingerprint density at radius 2 is 1.60 bits per heavy atom. The lowest BCUT2D eigenvalue weighted by molar-refractivity contribution is -0.138. The number of amides is 3. The fourth-order valence-electron chi connectivity index (χ4n) is 2.62. The Bertz CT molecular complexity index is 882. The van der Waals surface area contributed by atoms with Gasteiger partial charge < -0.3 is 20.5 Å². The van der Waals surface area contributed by atoms with Gasteiger partial charge in [-0.25, -0.2) is 9.59 Å². The molecule has 0 saturated heterocycles. The summed E-state index contributed by atoms with van der Waals surface area (Å²) in [6.45, 7) is 3.92. The zero-order chi connectivity index (χ0) is 22.3. The molecule has 0 bridgehead atoms. The predicted octanol–water partition coefficient (Wildman–Crippen LogP) is 5.90. The van der Waals surface area contributed by atoms with E-state index in [4.69, 9.17) is 9.84 Å². The van der Waals surface area contributed by atoms with Crippen molar-refractivity contribution in [3.05, 3.63) is 48.0 Å². The third-order valence-electron chi connectivity index (χ3n) is 4.20.